The largest absolute Gasteiger partial charge is 0.335 e. The predicted molar refractivity (Wildman–Crippen MR) is 118 cm³/mol. The summed E-state index contributed by atoms with van der Waals surface area (Å²) in [6.45, 7) is 2.89. The Bertz CT molecular complexity index is 1050. The van der Waals surface area contributed by atoms with Crippen LogP contribution in [-0.4, -0.2) is 41.4 Å². The van der Waals surface area contributed by atoms with Crippen molar-refractivity contribution in [1.82, 2.24) is 9.80 Å². The quantitative estimate of drug-likeness (QED) is 0.562. The molecule has 6 heteroatoms. The van der Waals surface area contributed by atoms with Crippen molar-refractivity contribution < 1.29 is 13.6 Å². The topological polar surface area (TPSA) is 23.6 Å². The first kappa shape index (κ1) is 20.3. The van der Waals surface area contributed by atoms with Crippen LogP contribution >= 0.6 is 11.3 Å². The van der Waals surface area contributed by atoms with Gasteiger partial charge in [0.05, 0.1) is 0 Å². The lowest BCUT2D eigenvalue weighted by Gasteiger charge is -2.39. The number of thiophene rings is 1. The number of rotatable bonds is 4. The van der Waals surface area contributed by atoms with Crippen molar-refractivity contribution in [3.8, 4) is 0 Å². The average molecular weight is 439 g/mol. The second kappa shape index (κ2) is 8.52. The van der Waals surface area contributed by atoms with Gasteiger partial charge in [-0.05, 0) is 59.1 Å². The zero-order valence-electron chi connectivity index (χ0n) is 17.1. The molecular formula is C25H24F2N2OS. The molecule has 2 aromatic carbocycles. The van der Waals surface area contributed by atoms with Crippen molar-refractivity contribution >= 4 is 17.2 Å². The molecule has 3 atom stereocenters. The summed E-state index contributed by atoms with van der Waals surface area (Å²) in [4.78, 5) is 17.6. The number of carbonyl (C=O) groups is 1. The van der Waals surface area contributed by atoms with E-state index in [9.17, 15) is 13.6 Å². The predicted octanol–water partition coefficient (Wildman–Crippen LogP) is 5.16. The van der Waals surface area contributed by atoms with E-state index in [1.54, 1.807) is 29.5 Å². The minimum atomic E-state index is -0.339. The van der Waals surface area contributed by atoms with Gasteiger partial charge in [0.25, 0.3) is 5.91 Å². The number of piperidine rings is 1. The molecular weight excluding hydrogens is 414 g/mol. The smallest absolute Gasteiger partial charge is 0.254 e. The van der Waals surface area contributed by atoms with E-state index in [0.29, 0.717) is 30.1 Å². The van der Waals surface area contributed by atoms with E-state index in [1.165, 1.54) is 23.8 Å². The van der Waals surface area contributed by atoms with Crippen molar-refractivity contribution in [2.75, 3.05) is 19.6 Å². The third-order valence-corrected chi connectivity index (χ3v) is 7.39. The first-order valence-electron chi connectivity index (χ1n) is 10.6. The van der Waals surface area contributed by atoms with E-state index in [4.69, 9.17) is 0 Å². The van der Waals surface area contributed by atoms with Crippen molar-refractivity contribution in [1.29, 1.82) is 0 Å². The van der Waals surface area contributed by atoms with E-state index in [0.717, 1.165) is 19.5 Å². The Morgan fingerprint density at radius 2 is 1.84 bits per heavy atom. The Kier molecular flexibility index (Phi) is 5.59. The summed E-state index contributed by atoms with van der Waals surface area (Å²) in [5.41, 5.74) is 2.51. The number of nitrogens with zero attached hydrogens (tertiary/aromatic N) is 2. The maximum atomic E-state index is 14.2. The molecule has 0 radical (unpaired) electrons. The van der Waals surface area contributed by atoms with Crippen molar-refractivity contribution in [3.05, 3.63) is 93.7 Å². The summed E-state index contributed by atoms with van der Waals surface area (Å²) in [7, 11) is 0. The molecule has 0 spiro atoms. The van der Waals surface area contributed by atoms with Gasteiger partial charge in [-0.1, -0.05) is 18.2 Å². The molecule has 2 saturated heterocycles. The van der Waals surface area contributed by atoms with Gasteiger partial charge < -0.3 is 4.90 Å². The van der Waals surface area contributed by atoms with Crippen molar-refractivity contribution in [2.24, 2.45) is 5.92 Å². The van der Waals surface area contributed by atoms with Gasteiger partial charge in [0.1, 0.15) is 11.6 Å². The lowest BCUT2D eigenvalue weighted by atomic mass is 9.82. The fourth-order valence-electron chi connectivity index (χ4n) is 5.15. The van der Waals surface area contributed by atoms with E-state index in [-0.39, 0.29) is 29.5 Å². The van der Waals surface area contributed by atoms with Crippen LogP contribution in [0.2, 0.25) is 0 Å². The van der Waals surface area contributed by atoms with E-state index in [1.807, 2.05) is 17.0 Å². The van der Waals surface area contributed by atoms with Crippen LogP contribution in [0.3, 0.4) is 0 Å². The number of hydrogen-bond acceptors (Lipinski definition) is 3. The number of likely N-dealkylation sites (tertiary alicyclic amines) is 2. The summed E-state index contributed by atoms with van der Waals surface area (Å²) in [5, 5.41) is 4.25. The molecule has 2 aliphatic heterocycles. The number of hydrogen-bond donors (Lipinski definition) is 0. The molecule has 3 nitrogen and oxygen atoms in total. The first-order valence-corrected chi connectivity index (χ1v) is 11.6. The van der Waals surface area contributed by atoms with Gasteiger partial charge in [0.15, 0.2) is 0 Å². The maximum Gasteiger partial charge on any atom is 0.254 e. The number of carbonyl (C=O) groups excluding carboxylic acids is 1. The first-order chi connectivity index (χ1) is 15.1. The van der Waals surface area contributed by atoms with Crippen LogP contribution in [0.1, 0.15) is 33.8 Å². The summed E-state index contributed by atoms with van der Waals surface area (Å²) in [6.07, 6.45) is 0.854. The Balaban J connectivity index is 1.39. The molecule has 0 N–H and O–H groups in total. The summed E-state index contributed by atoms with van der Waals surface area (Å²) in [5.74, 6) is 0.00543. The number of benzene rings is 2. The molecule has 0 aliphatic carbocycles. The molecule has 2 fully saturated rings. The average Bonchev–Trinajstić information content (AvgIpc) is 3.43. The normalized spacial score (nSPS) is 23.7. The lowest BCUT2D eigenvalue weighted by molar-refractivity contribution is 0.0613. The highest BCUT2D eigenvalue weighted by atomic mass is 32.1. The summed E-state index contributed by atoms with van der Waals surface area (Å²) < 4.78 is 27.5. The highest BCUT2D eigenvalue weighted by Crippen LogP contribution is 2.43. The van der Waals surface area contributed by atoms with Crippen LogP contribution in [0.4, 0.5) is 8.78 Å². The van der Waals surface area contributed by atoms with Crippen LogP contribution in [0.15, 0.2) is 65.4 Å². The Morgan fingerprint density at radius 1 is 1.03 bits per heavy atom. The van der Waals surface area contributed by atoms with Crippen LogP contribution in [-0.2, 0) is 6.54 Å². The molecule has 3 aromatic rings. The van der Waals surface area contributed by atoms with E-state index < -0.39 is 0 Å². The Labute approximate surface area is 184 Å². The van der Waals surface area contributed by atoms with Crippen LogP contribution in [0.5, 0.6) is 0 Å². The van der Waals surface area contributed by atoms with Crippen LogP contribution in [0.25, 0.3) is 0 Å². The maximum absolute atomic E-state index is 14.2. The van der Waals surface area contributed by atoms with Gasteiger partial charge in [-0.25, -0.2) is 8.78 Å². The fraction of sp³-hybridized carbons (Fsp3) is 0.320. The Morgan fingerprint density at radius 3 is 2.58 bits per heavy atom. The third kappa shape index (κ3) is 4.02. The monoisotopic (exact) mass is 438 g/mol. The van der Waals surface area contributed by atoms with Crippen LogP contribution < -0.4 is 0 Å². The third-order valence-electron chi connectivity index (χ3n) is 6.69. The van der Waals surface area contributed by atoms with Gasteiger partial charge in [0.2, 0.25) is 0 Å². The molecule has 5 rings (SSSR count). The van der Waals surface area contributed by atoms with Gasteiger partial charge >= 0.3 is 0 Å². The second-order valence-corrected chi connectivity index (χ2v) is 9.25. The molecule has 0 unspecified atom stereocenters. The number of amides is 1. The van der Waals surface area contributed by atoms with Gasteiger partial charge in [-0.15, -0.1) is 0 Å². The Hall–Kier alpha value is -2.57. The molecule has 2 aliphatic rings. The molecule has 3 heterocycles. The second-order valence-electron chi connectivity index (χ2n) is 8.47. The summed E-state index contributed by atoms with van der Waals surface area (Å²) >= 11 is 1.67. The highest BCUT2D eigenvalue weighted by molar-refractivity contribution is 7.08. The minimum Gasteiger partial charge on any atom is -0.335 e. The van der Waals surface area contributed by atoms with Crippen molar-refractivity contribution in [3.63, 3.8) is 0 Å². The summed E-state index contributed by atoms with van der Waals surface area (Å²) in [6, 6.07) is 15.0. The van der Waals surface area contributed by atoms with Gasteiger partial charge in [-0.2, -0.15) is 11.3 Å². The van der Waals surface area contributed by atoms with Gasteiger partial charge in [0, 0.05) is 55.2 Å². The molecule has 0 bridgehead atoms. The number of halogens is 2. The van der Waals surface area contributed by atoms with Gasteiger partial charge in [-0.3, -0.25) is 9.69 Å². The zero-order valence-corrected chi connectivity index (χ0v) is 17.9. The highest BCUT2D eigenvalue weighted by Gasteiger charge is 2.47. The van der Waals surface area contributed by atoms with Crippen LogP contribution in [0, 0.1) is 17.6 Å². The minimum absolute atomic E-state index is 0.0321. The molecule has 160 valence electrons. The van der Waals surface area contributed by atoms with Crippen molar-refractivity contribution in [2.45, 2.75) is 24.9 Å². The zero-order chi connectivity index (χ0) is 21.4. The standard InChI is InChI=1S/C25H24F2N2OS/c26-20-7-5-17(6-8-20)25(30)29-15-21(19-10-12-31-16-19)22-14-28(11-9-24(22)29)13-18-3-1-2-4-23(18)27/h1-8,10,12,16,21-22,24H,9,11,13-15H2/t21-,22-,24-/m0/s1. The molecule has 0 saturated carbocycles. The number of fused-ring (bicyclic) bond motifs is 1. The molecule has 1 aromatic heterocycles. The molecule has 31 heavy (non-hydrogen) atoms. The van der Waals surface area contributed by atoms with E-state index in [2.05, 4.69) is 21.7 Å². The van der Waals surface area contributed by atoms with E-state index >= 15 is 0 Å². The lowest BCUT2D eigenvalue weighted by Crippen LogP contribution is -2.47. The molecule has 1 amide bonds. The SMILES string of the molecule is O=C(c1ccc(F)cc1)N1C[C@@H](c2ccsc2)[C@@H]2CN(Cc3ccccc3F)CC[C@@H]21. The fourth-order valence-corrected chi connectivity index (χ4v) is 5.87.